The Balaban J connectivity index is 2.21. The Bertz CT molecular complexity index is 738. The van der Waals surface area contributed by atoms with Crippen molar-refractivity contribution >= 4 is 15.6 Å². The number of hydrogen-bond donors (Lipinski definition) is 1. The molecule has 1 aromatic rings. The number of rotatable bonds is 2. The predicted octanol–water partition coefficient (Wildman–Crippen LogP) is 2.24. The van der Waals surface area contributed by atoms with Gasteiger partial charge in [0.1, 0.15) is 4.91 Å². The minimum atomic E-state index is -3.82. The average Bonchev–Trinajstić information content (AvgIpc) is 3.19. The van der Waals surface area contributed by atoms with E-state index in [1.54, 1.807) is 32.0 Å². The van der Waals surface area contributed by atoms with Crippen LogP contribution in [0.1, 0.15) is 33.1 Å². The molecule has 0 heterocycles. The van der Waals surface area contributed by atoms with E-state index in [0.29, 0.717) is 5.57 Å². The summed E-state index contributed by atoms with van der Waals surface area (Å²) in [5.74, 6) is -0.487. The van der Waals surface area contributed by atoms with Crippen molar-refractivity contribution in [2.24, 2.45) is 5.41 Å². The Kier molecular flexibility index (Phi) is 2.94. The maximum Gasteiger partial charge on any atom is 0.210 e. The van der Waals surface area contributed by atoms with E-state index in [1.807, 2.05) is 0 Å². The van der Waals surface area contributed by atoms with Gasteiger partial charge in [0.05, 0.1) is 10.5 Å². The molecular weight excluding hydrogens is 288 g/mol. The molecular formula is C16H18O4S. The lowest BCUT2D eigenvalue weighted by molar-refractivity contribution is -0.123. The summed E-state index contributed by atoms with van der Waals surface area (Å²) in [5, 5.41) is 10.5. The molecule has 2 aliphatic carbocycles. The van der Waals surface area contributed by atoms with E-state index in [4.69, 9.17) is 0 Å². The lowest BCUT2D eigenvalue weighted by Gasteiger charge is -2.38. The number of aliphatic hydroxyl groups is 1. The summed E-state index contributed by atoms with van der Waals surface area (Å²) in [6.07, 6.45) is 1.32. The van der Waals surface area contributed by atoms with Crippen LogP contribution in [0.3, 0.4) is 0 Å². The van der Waals surface area contributed by atoms with Gasteiger partial charge in [-0.3, -0.25) is 4.79 Å². The second-order valence-corrected chi connectivity index (χ2v) is 8.11. The second-order valence-electron chi connectivity index (χ2n) is 6.23. The lowest BCUT2D eigenvalue weighted by atomic mass is 9.73. The highest BCUT2D eigenvalue weighted by Gasteiger charge is 2.62. The minimum Gasteiger partial charge on any atom is -0.389 e. The van der Waals surface area contributed by atoms with Crippen LogP contribution in [0, 0.1) is 5.41 Å². The zero-order chi connectivity index (χ0) is 15.5. The molecule has 0 radical (unpaired) electrons. The number of carbonyl (C=O) groups excluding carboxylic acids is 1. The standard InChI is InChI=1S/C16H18O4S/c1-11-14(21(19,20)12-6-4-3-5-7-12)13(17)10-15(2,18)16(11)8-9-16/h3-7,18H,8-10H2,1-2H3. The Hall–Kier alpha value is -1.46. The molecule has 1 unspecified atom stereocenters. The molecule has 0 saturated heterocycles. The molecule has 3 rings (SSSR count). The Morgan fingerprint density at radius 3 is 2.24 bits per heavy atom. The van der Waals surface area contributed by atoms with E-state index in [2.05, 4.69) is 0 Å². The van der Waals surface area contributed by atoms with Crippen molar-refractivity contribution in [3.8, 4) is 0 Å². The maximum absolute atomic E-state index is 12.8. The molecule has 2 aliphatic rings. The number of ketones is 1. The van der Waals surface area contributed by atoms with Crippen molar-refractivity contribution in [2.45, 2.75) is 43.6 Å². The van der Waals surface area contributed by atoms with E-state index >= 15 is 0 Å². The van der Waals surface area contributed by atoms with Crippen LogP contribution in [0.25, 0.3) is 0 Å². The molecule has 21 heavy (non-hydrogen) atoms. The van der Waals surface area contributed by atoms with Gasteiger partial charge in [-0.15, -0.1) is 0 Å². The van der Waals surface area contributed by atoms with E-state index in [0.717, 1.165) is 12.8 Å². The molecule has 4 nitrogen and oxygen atoms in total. The summed E-state index contributed by atoms with van der Waals surface area (Å²) in [6, 6.07) is 8.00. The van der Waals surface area contributed by atoms with Crippen molar-refractivity contribution in [3.05, 3.63) is 40.8 Å². The van der Waals surface area contributed by atoms with Crippen LogP contribution in [-0.2, 0) is 14.6 Å². The van der Waals surface area contributed by atoms with Crippen molar-refractivity contribution in [1.82, 2.24) is 0 Å². The molecule has 1 spiro atoms. The number of Topliss-reactive ketones (excluding diaryl/α,β-unsaturated/α-hetero) is 1. The van der Waals surface area contributed by atoms with Crippen LogP contribution in [0.5, 0.6) is 0 Å². The SMILES string of the molecule is CC1=C(S(=O)(=O)c2ccccc2)C(=O)CC(C)(O)C12CC2. The first-order valence-electron chi connectivity index (χ1n) is 6.99. The van der Waals surface area contributed by atoms with Crippen molar-refractivity contribution < 1.29 is 18.3 Å². The second kappa shape index (κ2) is 4.27. The van der Waals surface area contributed by atoms with Crippen LogP contribution >= 0.6 is 0 Å². The first kappa shape index (κ1) is 14.5. The molecule has 0 aromatic heterocycles. The number of sulfone groups is 1. The molecule has 112 valence electrons. The molecule has 1 atom stereocenters. The predicted molar refractivity (Wildman–Crippen MR) is 78.2 cm³/mol. The third kappa shape index (κ3) is 1.91. The molecule has 1 saturated carbocycles. The van der Waals surface area contributed by atoms with E-state index in [1.165, 1.54) is 12.1 Å². The van der Waals surface area contributed by atoms with Gasteiger partial charge in [-0.05, 0) is 44.4 Å². The Labute approximate surface area is 124 Å². The van der Waals surface area contributed by atoms with Gasteiger partial charge in [-0.2, -0.15) is 0 Å². The van der Waals surface area contributed by atoms with Gasteiger partial charge >= 0.3 is 0 Å². The fourth-order valence-electron chi connectivity index (χ4n) is 3.50. The minimum absolute atomic E-state index is 0.113. The van der Waals surface area contributed by atoms with Crippen LogP contribution in [0.2, 0.25) is 0 Å². The fourth-order valence-corrected chi connectivity index (χ4v) is 5.22. The van der Waals surface area contributed by atoms with Gasteiger partial charge in [0, 0.05) is 11.8 Å². The van der Waals surface area contributed by atoms with Crippen LogP contribution in [-0.4, -0.2) is 24.9 Å². The van der Waals surface area contributed by atoms with Gasteiger partial charge in [-0.25, -0.2) is 8.42 Å². The molecule has 1 N–H and O–H groups in total. The summed E-state index contributed by atoms with van der Waals surface area (Å²) in [6.45, 7) is 3.31. The molecule has 1 fully saturated rings. The highest BCUT2D eigenvalue weighted by atomic mass is 32.2. The summed E-state index contributed by atoms with van der Waals surface area (Å²) in [4.78, 5) is 12.4. The zero-order valence-electron chi connectivity index (χ0n) is 12.1. The lowest BCUT2D eigenvalue weighted by Crippen LogP contribution is -2.45. The van der Waals surface area contributed by atoms with Crippen molar-refractivity contribution in [3.63, 3.8) is 0 Å². The first-order valence-corrected chi connectivity index (χ1v) is 8.48. The smallest absolute Gasteiger partial charge is 0.210 e. The topological polar surface area (TPSA) is 71.4 Å². The van der Waals surface area contributed by atoms with E-state index < -0.39 is 26.6 Å². The Morgan fingerprint density at radius 1 is 1.14 bits per heavy atom. The number of hydrogen-bond acceptors (Lipinski definition) is 4. The summed E-state index contributed by atoms with van der Waals surface area (Å²) in [5.41, 5.74) is -1.17. The largest absolute Gasteiger partial charge is 0.389 e. The summed E-state index contributed by atoms with van der Waals surface area (Å²) >= 11 is 0. The van der Waals surface area contributed by atoms with Gasteiger partial charge in [-0.1, -0.05) is 18.2 Å². The van der Waals surface area contributed by atoms with Gasteiger partial charge < -0.3 is 5.11 Å². The zero-order valence-corrected chi connectivity index (χ0v) is 12.9. The molecule has 0 amide bonds. The summed E-state index contributed by atoms with van der Waals surface area (Å²) < 4.78 is 25.5. The van der Waals surface area contributed by atoms with Crippen molar-refractivity contribution in [1.29, 1.82) is 0 Å². The van der Waals surface area contributed by atoms with E-state index in [-0.39, 0.29) is 16.2 Å². The molecule has 0 aliphatic heterocycles. The van der Waals surface area contributed by atoms with Crippen LogP contribution < -0.4 is 0 Å². The van der Waals surface area contributed by atoms with Gasteiger partial charge in [0.2, 0.25) is 9.84 Å². The number of benzene rings is 1. The highest BCUT2D eigenvalue weighted by Crippen LogP contribution is 2.63. The van der Waals surface area contributed by atoms with Gasteiger partial charge in [0.15, 0.2) is 5.78 Å². The highest BCUT2D eigenvalue weighted by molar-refractivity contribution is 7.96. The van der Waals surface area contributed by atoms with Gasteiger partial charge in [0.25, 0.3) is 0 Å². The third-order valence-electron chi connectivity index (χ3n) is 4.92. The third-order valence-corrected chi connectivity index (χ3v) is 6.88. The van der Waals surface area contributed by atoms with Crippen molar-refractivity contribution in [2.75, 3.05) is 0 Å². The van der Waals surface area contributed by atoms with E-state index in [9.17, 15) is 18.3 Å². The first-order chi connectivity index (χ1) is 9.72. The average molecular weight is 306 g/mol. The molecule has 1 aromatic carbocycles. The number of allylic oxidation sites excluding steroid dienone is 1. The molecule has 5 heteroatoms. The Morgan fingerprint density at radius 2 is 1.71 bits per heavy atom. The number of carbonyl (C=O) groups is 1. The fraction of sp³-hybridized carbons (Fsp3) is 0.438. The maximum atomic E-state index is 12.8. The van der Waals surface area contributed by atoms with Crippen LogP contribution in [0.4, 0.5) is 0 Å². The normalized spacial score (nSPS) is 28.0. The molecule has 0 bridgehead atoms. The van der Waals surface area contributed by atoms with Crippen LogP contribution in [0.15, 0.2) is 45.7 Å². The summed E-state index contributed by atoms with van der Waals surface area (Å²) in [7, 11) is -3.82. The quantitative estimate of drug-likeness (QED) is 0.909. The monoisotopic (exact) mass is 306 g/mol.